The van der Waals surface area contributed by atoms with Gasteiger partial charge < -0.3 is 20.4 Å². The van der Waals surface area contributed by atoms with Gasteiger partial charge in [0.25, 0.3) is 5.91 Å². The van der Waals surface area contributed by atoms with E-state index in [4.69, 9.17) is 0 Å². The number of carbonyl (C=O) groups excluding carboxylic acids is 2. The van der Waals surface area contributed by atoms with Gasteiger partial charge in [0.2, 0.25) is 5.91 Å². The number of likely N-dealkylation sites (tertiary alicyclic amines) is 1. The highest BCUT2D eigenvalue weighted by molar-refractivity contribution is 7.12. The van der Waals surface area contributed by atoms with E-state index in [0.717, 1.165) is 75.9 Å². The summed E-state index contributed by atoms with van der Waals surface area (Å²) in [5, 5.41) is 8.24. The average molecular weight is 435 g/mol. The molecule has 2 aliphatic rings. The van der Waals surface area contributed by atoms with E-state index in [0.29, 0.717) is 6.54 Å². The lowest BCUT2D eigenvalue weighted by atomic mass is 10.2. The smallest absolute Gasteiger partial charge is 0.261 e. The standard InChI is InChI=1S/C21H34N6O2S/c1-17(20(29)26-10-3-4-11-26)25-12-14-27(15-13-25)21(22-2)24-9-6-8-23-19(28)18-7-5-16-30-18/h5,7,16-17H,3-4,6,8-15H2,1-2H3,(H,22,24)(H,23,28). The van der Waals surface area contributed by atoms with E-state index in [1.54, 1.807) is 7.05 Å². The Hall–Kier alpha value is -2.13. The van der Waals surface area contributed by atoms with Gasteiger partial charge in [-0.2, -0.15) is 0 Å². The zero-order valence-electron chi connectivity index (χ0n) is 18.1. The molecule has 9 heteroatoms. The number of piperazine rings is 1. The van der Waals surface area contributed by atoms with Gasteiger partial charge in [-0.3, -0.25) is 19.5 Å². The van der Waals surface area contributed by atoms with Crippen LogP contribution in [0.4, 0.5) is 0 Å². The first-order chi connectivity index (χ1) is 14.6. The fourth-order valence-corrected chi connectivity index (χ4v) is 4.64. The molecule has 2 N–H and O–H groups in total. The number of nitrogens with one attached hydrogen (secondary N) is 2. The summed E-state index contributed by atoms with van der Waals surface area (Å²) < 4.78 is 0. The highest BCUT2D eigenvalue weighted by Gasteiger charge is 2.30. The molecule has 0 bridgehead atoms. The Balaban J connectivity index is 1.34. The van der Waals surface area contributed by atoms with Crippen LogP contribution in [-0.2, 0) is 4.79 Å². The van der Waals surface area contributed by atoms with Gasteiger partial charge in [-0.1, -0.05) is 6.07 Å². The molecule has 0 saturated carbocycles. The minimum atomic E-state index is -0.0489. The number of aliphatic imine (C=N–C) groups is 1. The second-order valence-electron chi connectivity index (χ2n) is 7.79. The average Bonchev–Trinajstić information content (AvgIpc) is 3.50. The minimum Gasteiger partial charge on any atom is -0.356 e. The Bertz CT molecular complexity index is 709. The Morgan fingerprint density at radius 3 is 2.40 bits per heavy atom. The Kier molecular flexibility index (Phi) is 8.50. The number of hydrogen-bond acceptors (Lipinski definition) is 5. The van der Waals surface area contributed by atoms with Crippen LogP contribution < -0.4 is 10.6 Å². The molecule has 0 aliphatic carbocycles. The van der Waals surface area contributed by atoms with E-state index < -0.39 is 0 Å². The molecule has 1 unspecified atom stereocenters. The predicted molar refractivity (Wildman–Crippen MR) is 121 cm³/mol. The molecule has 0 radical (unpaired) electrons. The Morgan fingerprint density at radius 2 is 1.77 bits per heavy atom. The number of carbonyl (C=O) groups is 2. The van der Waals surface area contributed by atoms with E-state index in [-0.39, 0.29) is 17.9 Å². The lowest BCUT2D eigenvalue weighted by molar-refractivity contribution is -0.135. The summed E-state index contributed by atoms with van der Waals surface area (Å²) in [4.78, 5) is 36.3. The van der Waals surface area contributed by atoms with Gasteiger partial charge >= 0.3 is 0 Å². The van der Waals surface area contributed by atoms with E-state index in [1.165, 1.54) is 11.3 Å². The number of amides is 2. The summed E-state index contributed by atoms with van der Waals surface area (Å²) in [6.45, 7) is 8.66. The fourth-order valence-electron chi connectivity index (χ4n) is 4.00. The SMILES string of the molecule is CN=C(NCCCNC(=O)c1cccs1)N1CCN(C(C)C(=O)N2CCCC2)CC1. The molecule has 8 nitrogen and oxygen atoms in total. The number of rotatable bonds is 7. The van der Waals surface area contributed by atoms with Crippen molar-refractivity contribution >= 4 is 29.1 Å². The van der Waals surface area contributed by atoms with Crippen molar-refractivity contribution in [2.45, 2.75) is 32.2 Å². The molecule has 2 saturated heterocycles. The summed E-state index contributed by atoms with van der Waals surface area (Å²) in [5.74, 6) is 1.15. The highest BCUT2D eigenvalue weighted by atomic mass is 32.1. The maximum atomic E-state index is 12.6. The van der Waals surface area contributed by atoms with Gasteiger partial charge in [0.15, 0.2) is 5.96 Å². The van der Waals surface area contributed by atoms with E-state index >= 15 is 0 Å². The molecule has 1 aromatic heterocycles. The van der Waals surface area contributed by atoms with Crippen LogP contribution in [0.2, 0.25) is 0 Å². The third kappa shape index (κ3) is 5.95. The molecule has 166 valence electrons. The van der Waals surface area contributed by atoms with Gasteiger partial charge in [0.05, 0.1) is 10.9 Å². The lowest BCUT2D eigenvalue weighted by Crippen LogP contribution is -2.57. The predicted octanol–water partition coefficient (Wildman–Crippen LogP) is 1.07. The second kappa shape index (κ2) is 11.3. The summed E-state index contributed by atoms with van der Waals surface area (Å²) in [5.41, 5.74) is 0. The molecule has 3 rings (SSSR count). The molecule has 2 aliphatic heterocycles. The first kappa shape index (κ1) is 22.6. The molecule has 3 heterocycles. The van der Waals surface area contributed by atoms with Crippen LogP contribution in [-0.4, -0.2) is 97.9 Å². The van der Waals surface area contributed by atoms with Crippen molar-refractivity contribution < 1.29 is 9.59 Å². The quantitative estimate of drug-likeness (QED) is 0.381. The number of thiophene rings is 1. The van der Waals surface area contributed by atoms with Crippen molar-refractivity contribution in [3.63, 3.8) is 0 Å². The van der Waals surface area contributed by atoms with Crippen LogP contribution in [0.15, 0.2) is 22.5 Å². The molecular weight excluding hydrogens is 400 g/mol. The second-order valence-corrected chi connectivity index (χ2v) is 8.74. The van der Waals surface area contributed by atoms with E-state index in [2.05, 4.69) is 25.4 Å². The first-order valence-corrected chi connectivity index (χ1v) is 11.8. The van der Waals surface area contributed by atoms with Crippen LogP contribution in [0, 0.1) is 0 Å². The lowest BCUT2D eigenvalue weighted by Gasteiger charge is -2.39. The summed E-state index contributed by atoms with van der Waals surface area (Å²) in [6.07, 6.45) is 3.09. The van der Waals surface area contributed by atoms with Crippen molar-refractivity contribution in [1.29, 1.82) is 0 Å². The molecule has 1 atom stereocenters. The van der Waals surface area contributed by atoms with Gasteiger partial charge in [-0.25, -0.2) is 0 Å². The maximum absolute atomic E-state index is 12.6. The molecule has 30 heavy (non-hydrogen) atoms. The van der Waals surface area contributed by atoms with Crippen LogP contribution in [0.25, 0.3) is 0 Å². The van der Waals surface area contributed by atoms with Crippen molar-refractivity contribution in [2.24, 2.45) is 4.99 Å². The molecular formula is C21H34N6O2S. The Labute approximate surface area is 183 Å². The van der Waals surface area contributed by atoms with Gasteiger partial charge in [-0.05, 0) is 37.6 Å². The largest absolute Gasteiger partial charge is 0.356 e. The van der Waals surface area contributed by atoms with Crippen LogP contribution in [0.3, 0.4) is 0 Å². The van der Waals surface area contributed by atoms with Crippen molar-refractivity contribution in [1.82, 2.24) is 25.3 Å². The van der Waals surface area contributed by atoms with Crippen LogP contribution in [0.1, 0.15) is 35.9 Å². The van der Waals surface area contributed by atoms with Crippen molar-refractivity contribution in [3.05, 3.63) is 22.4 Å². The zero-order chi connectivity index (χ0) is 21.3. The monoisotopic (exact) mass is 434 g/mol. The van der Waals surface area contributed by atoms with E-state index in [1.807, 2.05) is 29.3 Å². The maximum Gasteiger partial charge on any atom is 0.261 e. The number of hydrogen-bond donors (Lipinski definition) is 2. The summed E-state index contributed by atoms with van der Waals surface area (Å²) in [7, 11) is 1.80. The van der Waals surface area contributed by atoms with Gasteiger partial charge in [0.1, 0.15) is 0 Å². The zero-order valence-corrected chi connectivity index (χ0v) is 18.9. The van der Waals surface area contributed by atoms with E-state index in [9.17, 15) is 9.59 Å². The summed E-state index contributed by atoms with van der Waals surface area (Å²) in [6, 6.07) is 3.67. The number of guanidine groups is 1. The molecule has 1 aromatic rings. The molecule has 0 aromatic carbocycles. The first-order valence-electron chi connectivity index (χ1n) is 10.9. The summed E-state index contributed by atoms with van der Waals surface area (Å²) >= 11 is 1.45. The third-order valence-electron chi connectivity index (χ3n) is 5.82. The van der Waals surface area contributed by atoms with Crippen molar-refractivity contribution in [2.75, 3.05) is 59.4 Å². The number of nitrogens with zero attached hydrogens (tertiary/aromatic N) is 4. The Morgan fingerprint density at radius 1 is 1.07 bits per heavy atom. The van der Waals surface area contributed by atoms with Gasteiger partial charge in [0, 0.05) is 59.4 Å². The van der Waals surface area contributed by atoms with Crippen molar-refractivity contribution in [3.8, 4) is 0 Å². The minimum absolute atomic E-state index is 0.0110. The highest BCUT2D eigenvalue weighted by Crippen LogP contribution is 2.14. The molecule has 2 amide bonds. The topological polar surface area (TPSA) is 80.3 Å². The van der Waals surface area contributed by atoms with Crippen LogP contribution in [0.5, 0.6) is 0 Å². The molecule has 0 spiro atoms. The third-order valence-corrected chi connectivity index (χ3v) is 6.68. The van der Waals surface area contributed by atoms with Gasteiger partial charge in [-0.15, -0.1) is 11.3 Å². The normalized spacial score (nSPS) is 19.1. The fraction of sp³-hybridized carbons (Fsp3) is 0.667. The van der Waals surface area contributed by atoms with Crippen LogP contribution >= 0.6 is 11.3 Å². The molecule has 2 fully saturated rings.